The monoisotopic (exact) mass is 415 g/mol. The van der Waals surface area contributed by atoms with Gasteiger partial charge in [0.05, 0.1) is 11.7 Å². The smallest absolute Gasteiger partial charge is 0.226 e. The molecule has 0 saturated heterocycles. The van der Waals surface area contributed by atoms with Gasteiger partial charge in [0.2, 0.25) is 5.95 Å². The van der Waals surface area contributed by atoms with Crippen molar-refractivity contribution in [3.8, 4) is 23.4 Å². The molecule has 2 aromatic carbocycles. The van der Waals surface area contributed by atoms with Crippen LogP contribution in [0.3, 0.4) is 0 Å². The van der Waals surface area contributed by atoms with E-state index in [4.69, 9.17) is 4.98 Å². The fourth-order valence-electron chi connectivity index (χ4n) is 3.81. The van der Waals surface area contributed by atoms with Crippen molar-refractivity contribution in [3.63, 3.8) is 0 Å². The molecule has 1 aliphatic heterocycles. The van der Waals surface area contributed by atoms with Gasteiger partial charge in [-0.1, -0.05) is 30.2 Å². The molecule has 5 aromatic rings. The molecular formula is C25H17N7. The summed E-state index contributed by atoms with van der Waals surface area (Å²) in [6, 6.07) is 18.0. The third-order valence-corrected chi connectivity index (χ3v) is 5.43. The molecule has 7 heteroatoms. The van der Waals surface area contributed by atoms with Crippen molar-refractivity contribution in [3.05, 3.63) is 95.6 Å². The molecule has 7 nitrogen and oxygen atoms in total. The van der Waals surface area contributed by atoms with E-state index in [9.17, 15) is 0 Å². The van der Waals surface area contributed by atoms with Crippen molar-refractivity contribution in [2.45, 2.75) is 13.1 Å². The number of rotatable bonds is 2. The highest BCUT2D eigenvalue weighted by Crippen LogP contribution is 2.26. The summed E-state index contributed by atoms with van der Waals surface area (Å²) in [4.78, 5) is 20.4. The second kappa shape index (κ2) is 7.60. The Labute approximate surface area is 184 Å². The minimum atomic E-state index is 0.530. The lowest BCUT2D eigenvalue weighted by Gasteiger charge is -2.15. The van der Waals surface area contributed by atoms with Crippen molar-refractivity contribution in [1.29, 1.82) is 0 Å². The third kappa shape index (κ3) is 3.44. The molecule has 152 valence electrons. The number of hydrogen-bond acceptors (Lipinski definition) is 6. The molecule has 32 heavy (non-hydrogen) atoms. The molecule has 6 rings (SSSR count). The topological polar surface area (TPSA) is 83.5 Å². The number of nitrogens with one attached hydrogen (secondary N) is 1. The summed E-state index contributed by atoms with van der Waals surface area (Å²) < 4.78 is 0. The maximum atomic E-state index is 4.73. The van der Waals surface area contributed by atoms with Crippen LogP contribution >= 0.6 is 0 Å². The molecule has 0 radical (unpaired) electrons. The molecule has 0 spiro atoms. The number of H-pyrrole nitrogens is 1. The standard InChI is InChI=1S/C25H17N7/c1-2-4-19-16-32(15-18(19)3-1)25-27-12-10-23(30-25)24-26-11-9-21(29-24)7-5-17-6-8-22-20(13-17)14-28-31-22/h1-4,6,8-14H,15-16H2,(H,28,31). The van der Waals surface area contributed by atoms with Crippen molar-refractivity contribution in [1.82, 2.24) is 30.1 Å². The largest absolute Gasteiger partial charge is 0.332 e. The van der Waals surface area contributed by atoms with Gasteiger partial charge in [0.15, 0.2) is 5.82 Å². The number of anilines is 1. The molecular weight excluding hydrogens is 398 g/mol. The van der Waals surface area contributed by atoms with Crippen LogP contribution in [-0.2, 0) is 13.1 Å². The van der Waals surface area contributed by atoms with Crippen LogP contribution in [0.25, 0.3) is 22.4 Å². The molecule has 4 heterocycles. The Morgan fingerprint density at radius 3 is 2.56 bits per heavy atom. The number of aromatic nitrogens is 6. The van der Waals surface area contributed by atoms with Crippen molar-refractivity contribution >= 4 is 16.9 Å². The maximum Gasteiger partial charge on any atom is 0.226 e. The molecule has 0 amide bonds. The Bertz CT molecular complexity index is 1480. The van der Waals surface area contributed by atoms with Crippen LogP contribution in [0.5, 0.6) is 0 Å². The minimum Gasteiger partial charge on any atom is -0.332 e. The van der Waals surface area contributed by atoms with Crippen LogP contribution < -0.4 is 4.90 Å². The van der Waals surface area contributed by atoms with Crippen molar-refractivity contribution < 1.29 is 0 Å². The molecule has 0 unspecified atom stereocenters. The van der Waals surface area contributed by atoms with Gasteiger partial charge in [-0.3, -0.25) is 5.10 Å². The predicted molar refractivity (Wildman–Crippen MR) is 121 cm³/mol. The summed E-state index contributed by atoms with van der Waals surface area (Å²) in [6.07, 6.45) is 5.25. The van der Waals surface area contributed by atoms with E-state index in [1.165, 1.54) is 11.1 Å². The fourth-order valence-corrected chi connectivity index (χ4v) is 3.81. The summed E-state index contributed by atoms with van der Waals surface area (Å²) in [6.45, 7) is 1.60. The van der Waals surface area contributed by atoms with E-state index in [0.717, 1.165) is 29.6 Å². The number of fused-ring (bicyclic) bond motifs is 2. The quantitative estimate of drug-likeness (QED) is 0.443. The Balaban J connectivity index is 1.27. The van der Waals surface area contributed by atoms with Gasteiger partial charge < -0.3 is 4.90 Å². The Kier molecular flexibility index (Phi) is 4.33. The lowest BCUT2D eigenvalue weighted by Crippen LogP contribution is -2.17. The Morgan fingerprint density at radius 2 is 1.69 bits per heavy atom. The molecule has 3 aromatic heterocycles. The molecule has 1 N–H and O–H groups in total. The maximum absolute atomic E-state index is 4.73. The molecule has 0 saturated carbocycles. The molecule has 0 fully saturated rings. The third-order valence-electron chi connectivity index (χ3n) is 5.43. The summed E-state index contributed by atoms with van der Waals surface area (Å²) in [5.41, 5.74) is 5.82. The number of nitrogens with zero attached hydrogens (tertiary/aromatic N) is 6. The van der Waals surface area contributed by atoms with Crippen LogP contribution in [0.1, 0.15) is 22.4 Å². The van der Waals surface area contributed by atoms with E-state index in [1.54, 1.807) is 24.7 Å². The van der Waals surface area contributed by atoms with Gasteiger partial charge in [-0.2, -0.15) is 5.10 Å². The van der Waals surface area contributed by atoms with Crippen LogP contribution in [0.2, 0.25) is 0 Å². The van der Waals surface area contributed by atoms with E-state index in [2.05, 4.69) is 66.2 Å². The molecule has 0 bridgehead atoms. The van der Waals surface area contributed by atoms with Gasteiger partial charge >= 0.3 is 0 Å². The zero-order chi connectivity index (χ0) is 21.3. The second-order valence-corrected chi connectivity index (χ2v) is 7.55. The fraction of sp³-hybridized carbons (Fsp3) is 0.0800. The highest BCUT2D eigenvalue weighted by molar-refractivity contribution is 5.79. The Hall–Kier alpha value is -4.57. The summed E-state index contributed by atoms with van der Waals surface area (Å²) in [7, 11) is 0. The van der Waals surface area contributed by atoms with Crippen molar-refractivity contribution in [2.75, 3.05) is 4.90 Å². The van der Waals surface area contributed by atoms with Gasteiger partial charge in [0.25, 0.3) is 0 Å². The zero-order valence-electron chi connectivity index (χ0n) is 17.0. The second-order valence-electron chi connectivity index (χ2n) is 7.55. The number of hydrogen-bond donors (Lipinski definition) is 1. The minimum absolute atomic E-state index is 0.530. The van der Waals surface area contributed by atoms with E-state index in [-0.39, 0.29) is 0 Å². The van der Waals surface area contributed by atoms with E-state index in [1.807, 2.05) is 24.3 Å². The normalized spacial score (nSPS) is 12.4. The first-order valence-corrected chi connectivity index (χ1v) is 10.3. The van der Waals surface area contributed by atoms with Crippen molar-refractivity contribution in [2.24, 2.45) is 0 Å². The summed E-state index contributed by atoms with van der Waals surface area (Å²) in [5.74, 6) is 7.49. The van der Waals surface area contributed by atoms with Crippen LogP contribution in [0.15, 0.2) is 73.2 Å². The first-order chi connectivity index (χ1) is 15.8. The van der Waals surface area contributed by atoms with Gasteiger partial charge in [-0.15, -0.1) is 0 Å². The van der Waals surface area contributed by atoms with Gasteiger partial charge in [-0.25, -0.2) is 19.9 Å². The van der Waals surface area contributed by atoms with Crippen LogP contribution in [0.4, 0.5) is 5.95 Å². The number of aromatic amines is 1. The van der Waals surface area contributed by atoms with Gasteiger partial charge in [-0.05, 0) is 47.4 Å². The summed E-state index contributed by atoms with van der Waals surface area (Å²) in [5, 5.41) is 8.01. The van der Waals surface area contributed by atoms with Crippen LogP contribution in [0, 0.1) is 11.8 Å². The zero-order valence-corrected chi connectivity index (χ0v) is 17.0. The van der Waals surface area contributed by atoms with Gasteiger partial charge in [0.1, 0.15) is 11.4 Å². The van der Waals surface area contributed by atoms with E-state index < -0.39 is 0 Å². The average molecular weight is 415 g/mol. The lowest BCUT2D eigenvalue weighted by molar-refractivity contribution is 0.828. The molecule has 0 atom stereocenters. The first kappa shape index (κ1) is 18.2. The van der Waals surface area contributed by atoms with E-state index >= 15 is 0 Å². The molecule has 0 aliphatic carbocycles. The lowest BCUT2D eigenvalue weighted by atomic mass is 10.1. The average Bonchev–Trinajstić information content (AvgIpc) is 3.50. The SMILES string of the molecule is C(#Cc1ccnc(-c2ccnc(N3Cc4ccccc4C3)n2)n1)c1ccc2[nH]ncc2c1. The van der Waals surface area contributed by atoms with Gasteiger partial charge in [0, 0.05) is 36.4 Å². The van der Waals surface area contributed by atoms with Crippen LogP contribution in [-0.4, -0.2) is 30.1 Å². The predicted octanol–water partition coefficient (Wildman–Crippen LogP) is 3.73. The highest BCUT2D eigenvalue weighted by atomic mass is 15.3. The highest BCUT2D eigenvalue weighted by Gasteiger charge is 2.21. The van der Waals surface area contributed by atoms with E-state index in [0.29, 0.717) is 23.2 Å². The Morgan fingerprint density at radius 1 is 0.844 bits per heavy atom. The number of benzene rings is 2. The first-order valence-electron chi connectivity index (χ1n) is 10.3. The summed E-state index contributed by atoms with van der Waals surface area (Å²) >= 11 is 0. The molecule has 1 aliphatic rings.